The summed E-state index contributed by atoms with van der Waals surface area (Å²) in [6.07, 6.45) is 0.882. The second-order valence-corrected chi connectivity index (χ2v) is 5.16. The van der Waals surface area contributed by atoms with E-state index in [1.54, 1.807) is 7.05 Å². The van der Waals surface area contributed by atoms with Gasteiger partial charge in [0.05, 0.1) is 6.54 Å². The smallest absolute Gasteiger partial charge is 0.270 e. The van der Waals surface area contributed by atoms with E-state index in [1.807, 2.05) is 48.9 Å². The normalized spacial score (nSPS) is 10.6. The molecular formula is C16H21N3O2. The molecule has 0 aliphatic heterocycles. The maximum Gasteiger partial charge on any atom is 0.270 e. The van der Waals surface area contributed by atoms with Crippen LogP contribution in [0.2, 0.25) is 0 Å². The van der Waals surface area contributed by atoms with Gasteiger partial charge in [-0.15, -0.1) is 0 Å². The first-order valence-corrected chi connectivity index (χ1v) is 7.11. The number of aromatic nitrogens is 1. The van der Waals surface area contributed by atoms with Crippen LogP contribution in [-0.4, -0.2) is 41.4 Å². The molecule has 0 radical (unpaired) electrons. The highest BCUT2D eigenvalue weighted by Crippen LogP contribution is 2.19. The lowest BCUT2D eigenvalue weighted by Gasteiger charge is -2.17. The minimum absolute atomic E-state index is 0.0698. The summed E-state index contributed by atoms with van der Waals surface area (Å²) in [6.45, 7) is 2.69. The minimum atomic E-state index is -0.152. The van der Waals surface area contributed by atoms with Gasteiger partial charge >= 0.3 is 0 Å². The minimum Gasteiger partial charge on any atom is -0.355 e. The Morgan fingerprint density at radius 1 is 1.29 bits per heavy atom. The van der Waals surface area contributed by atoms with E-state index in [-0.39, 0.29) is 18.4 Å². The van der Waals surface area contributed by atoms with E-state index < -0.39 is 0 Å². The highest BCUT2D eigenvalue weighted by molar-refractivity contribution is 5.99. The molecule has 0 spiro atoms. The van der Waals surface area contributed by atoms with Gasteiger partial charge in [0.2, 0.25) is 5.91 Å². The number of amides is 2. The van der Waals surface area contributed by atoms with Gasteiger partial charge in [-0.05, 0) is 18.6 Å². The standard InChI is InChI=1S/C16H21N3O2/c1-4-9-17-15(20)11-18(2)16(21)14-10-12-7-5-6-8-13(12)19(14)3/h5-8,10H,4,9,11H2,1-3H3,(H,17,20). The SMILES string of the molecule is CCCNC(=O)CN(C)C(=O)c1cc2ccccc2n1C. The fourth-order valence-electron chi connectivity index (χ4n) is 2.30. The van der Waals surface area contributed by atoms with Crippen LogP contribution in [0.5, 0.6) is 0 Å². The van der Waals surface area contributed by atoms with Crippen LogP contribution in [0, 0.1) is 0 Å². The molecule has 1 N–H and O–H groups in total. The molecule has 0 atom stereocenters. The Morgan fingerprint density at radius 2 is 2.00 bits per heavy atom. The molecule has 0 bridgehead atoms. The largest absolute Gasteiger partial charge is 0.355 e. The van der Waals surface area contributed by atoms with Crippen LogP contribution in [0.25, 0.3) is 10.9 Å². The Morgan fingerprint density at radius 3 is 2.67 bits per heavy atom. The van der Waals surface area contributed by atoms with E-state index in [0.717, 1.165) is 17.3 Å². The molecule has 2 aromatic rings. The van der Waals surface area contributed by atoms with Crippen molar-refractivity contribution in [2.75, 3.05) is 20.1 Å². The van der Waals surface area contributed by atoms with Gasteiger partial charge in [0.25, 0.3) is 5.91 Å². The van der Waals surface area contributed by atoms with Gasteiger partial charge in [-0.3, -0.25) is 9.59 Å². The monoisotopic (exact) mass is 287 g/mol. The van der Waals surface area contributed by atoms with Crippen LogP contribution in [0.4, 0.5) is 0 Å². The number of fused-ring (bicyclic) bond motifs is 1. The fourth-order valence-corrected chi connectivity index (χ4v) is 2.30. The van der Waals surface area contributed by atoms with Gasteiger partial charge < -0.3 is 14.8 Å². The molecule has 1 aromatic carbocycles. The van der Waals surface area contributed by atoms with E-state index >= 15 is 0 Å². The molecule has 2 rings (SSSR count). The molecule has 2 amide bonds. The molecule has 5 heteroatoms. The van der Waals surface area contributed by atoms with Crippen LogP contribution in [0.15, 0.2) is 30.3 Å². The maximum absolute atomic E-state index is 12.5. The van der Waals surface area contributed by atoms with Crippen molar-refractivity contribution >= 4 is 22.7 Å². The summed E-state index contributed by atoms with van der Waals surface area (Å²) in [7, 11) is 3.51. The van der Waals surface area contributed by atoms with E-state index in [1.165, 1.54) is 4.90 Å². The Labute approximate surface area is 124 Å². The number of hydrogen-bond acceptors (Lipinski definition) is 2. The van der Waals surface area contributed by atoms with Crippen LogP contribution in [-0.2, 0) is 11.8 Å². The van der Waals surface area contributed by atoms with Gasteiger partial charge in [0.15, 0.2) is 0 Å². The van der Waals surface area contributed by atoms with Crippen molar-refractivity contribution in [1.29, 1.82) is 0 Å². The van der Waals surface area contributed by atoms with Crippen molar-refractivity contribution in [2.24, 2.45) is 7.05 Å². The predicted octanol–water partition coefficient (Wildman–Crippen LogP) is 1.78. The van der Waals surface area contributed by atoms with Crippen molar-refractivity contribution in [3.63, 3.8) is 0 Å². The third-order valence-electron chi connectivity index (χ3n) is 3.47. The molecule has 1 aromatic heterocycles. The number of rotatable bonds is 5. The Kier molecular flexibility index (Phi) is 4.62. The van der Waals surface area contributed by atoms with Crippen molar-refractivity contribution in [1.82, 2.24) is 14.8 Å². The van der Waals surface area contributed by atoms with Crippen molar-refractivity contribution in [3.8, 4) is 0 Å². The van der Waals surface area contributed by atoms with Crippen molar-refractivity contribution in [2.45, 2.75) is 13.3 Å². The Bertz CT molecular complexity index is 661. The molecule has 0 aliphatic rings. The Hall–Kier alpha value is -2.30. The first kappa shape index (κ1) is 15.1. The quantitative estimate of drug-likeness (QED) is 0.911. The molecule has 112 valence electrons. The number of benzene rings is 1. The fraction of sp³-hybridized carbons (Fsp3) is 0.375. The van der Waals surface area contributed by atoms with Crippen LogP contribution < -0.4 is 5.32 Å². The summed E-state index contributed by atoms with van der Waals surface area (Å²) in [5, 5.41) is 3.79. The molecular weight excluding hydrogens is 266 g/mol. The van der Waals surface area contributed by atoms with Crippen molar-refractivity contribution in [3.05, 3.63) is 36.0 Å². The zero-order valence-corrected chi connectivity index (χ0v) is 12.7. The predicted molar refractivity (Wildman–Crippen MR) is 83.2 cm³/mol. The zero-order chi connectivity index (χ0) is 15.4. The van der Waals surface area contributed by atoms with Crippen LogP contribution in [0.1, 0.15) is 23.8 Å². The van der Waals surface area contributed by atoms with Gasteiger partial charge in [0.1, 0.15) is 5.69 Å². The molecule has 0 saturated heterocycles. The summed E-state index contributed by atoms with van der Waals surface area (Å²) in [4.78, 5) is 25.6. The topological polar surface area (TPSA) is 54.3 Å². The number of likely N-dealkylation sites (N-methyl/N-ethyl adjacent to an activating group) is 1. The summed E-state index contributed by atoms with van der Waals surface area (Å²) in [5.74, 6) is -0.285. The molecule has 0 fully saturated rings. The molecule has 0 unspecified atom stereocenters. The summed E-state index contributed by atoms with van der Waals surface area (Å²) < 4.78 is 1.86. The second kappa shape index (κ2) is 6.43. The number of hydrogen-bond donors (Lipinski definition) is 1. The van der Waals surface area contributed by atoms with Gasteiger partial charge in [-0.2, -0.15) is 0 Å². The number of carbonyl (C=O) groups excluding carboxylic acids is 2. The molecule has 21 heavy (non-hydrogen) atoms. The van der Waals surface area contributed by atoms with Crippen molar-refractivity contribution < 1.29 is 9.59 Å². The van der Waals surface area contributed by atoms with Gasteiger partial charge in [-0.25, -0.2) is 0 Å². The number of nitrogens with zero attached hydrogens (tertiary/aromatic N) is 2. The van der Waals surface area contributed by atoms with Crippen LogP contribution >= 0.6 is 0 Å². The Balaban J connectivity index is 2.14. The van der Waals surface area contributed by atoms with Gasteiger partial charge in [0, 0.05) is 31.5 Å². The number of para-hydroxylation sites is 1. The number of aryl methyl sites for hydroxylation is 1. The lowest BCUT2D eigenvalue weighted by Crippen LogP contribution is -2.39. The first-order chi connectivity index (χ1) is 10.0. The number of carbonyl (C=O) groups is 2. The third kappa shape index (κ3) is 3.24. The van der Waals surface area contributed by atoms with E-state index in [2.05, 4.69) is 5.32 Å². The molecule has 5 nitrogen and oxygen atoms in total. The maximum atomic E-state index is 12.5. The zero-order valence-electron chi connectivity index (χ0n) is 12.7. The average Bonchev–Trinajstić information content (AvgIpc) is 2.82. The second-order valence-electron chi connectivity index (χ2n) is 5.16. The average molecular weight is 287 g/mol. The molecule has 0 aliphatic carbocycles. The molecule has 0 saturated carbocycles. The lowest BCUT2D eigenvalue weighted by molar-refractivity contribution is -0.121. The molecule has 1 heterocycles. The van der Waals surface area contributed by atoms with Gasteiger partial charge in [-0.1, -0.05) is 25.1 Å². The number of nitrogens with one attached hydrogen (secondary N) is 1. The van der Waals surface area contributed by atoms with E-state index in [4.69, 9.17) is 0 Å². The van der Waals surface area contributed by atoms with E-state index in [9.17, 15) is 9.59 Å². The summed E-state index contributed by atoms with van der Waals surface area (Å²) in [5.41, 5.74) is 1.59. The third-order valence-corrected chi connectivity index (χ3v) is 3.47. The summed E-state index contributed by atoms with van der Waals surface area (Å²) in [6, 6.07) is 9.69. The highest BCUT2D eigenvalue weighted by atomic mass is 16.2. The van der Waals surface area contributed by atoms with E-state index in [0.29, 0.717) is 12.2 Å². The summed E-state index contributed by atoms with van der Waals surface area (Å²) >= 11 is 0. The van der Waals surface area contributed by atoms with Crippen LogP contribution in [0.3, 0.4) is 0 Å². The highest BCUT2D eigenvalue weighted by Gasteiger charge is 2.18. The lowest BCUT2D eigenvalue weighted by atomic mass is 10.2. The first-order valence-electron chi connectivity index (χ1n) is 7.11.